The summed E-state index contributed by atoms with van der Waals surface area (Å²) in [6.07, 6.45) is 1.05. The Morgan fingerprint density at radius 1 is 1.64 bits per heavy atom. The van der Waals surface area contributed by atoms with Gasteiger partial charge in [0.15, 0.2) is 5.43 Å². The quantitative estimate of drug-likeness (QED) is 0.767. The maximum atomic E-state index is 10.8. The molecule has 0 spiro atoms. The highest BCUT2D eigenvalue weighted by Crippen LogP contribution is 2.04. The molecule has 4 nitrogen and oxygen atoms in total. The third-order valence-corrected chi connectivity index (χ3v) is 1.58. The van der Waals surface area contributed by atoms with Crippen LogP contribution in [0.1, 0.15) is 10.6 Å². The summed E-state index contributed by atoms with van der Waals surface area (Å²) in [5.74, 6) is -1.62. The molecular formula is C6H3BrO4. The van der Waals surface area contributed by atoms with Gasteiger partial charge in [-0.3, -0.25) is 4.79 Å². The van der Waals surface area contributed by atoms with Crippen LogP contribution in [0.5, 0.6) is 0 Å². The first-order valence-corrected chi connectivity index (χ1v) is 3.42. The van der Waals surface area contributed by atoms with Crippen molar-refractivity contribution in [2.45, 2.75) is 0 Å². The molecule has 0 fully saturated rings. The lowest BCUT2D eigenvalue weighted by Gasteiger charge is -1.91. The molecule has 0 unspecified atom stereocenters. The highest BCUT2D eigenvalue weighted by Gasteiger charge is 2.06. The largest absolute Gasteiger partial charge is 0.475 e. The number of halogens is 1. The summed E-state index contributed by atoms with van der Waals surface area (Å²) in [4.78, 5) is 21.0. The molecule has 1 heterocycles. The molecule has 0 aromatic carbocycles. The van der Waals surface area contributed by atoms with E-state index in [0.29, 0.717) is 0 Å². The van der Waals surface area contributed by atoms with Crippen LogP contribution in [-0.4, -0.2) is 11.1 Å². The van der Waals surface area contributed by atoms with Crippen LogP contribution in [0, 0.1) is 0 Å². The van der Waals surface area contributed by atoms with Gasteiger partial charge in [-0.05, 0) is 15.9 Å². The Hall–Kier alpha value is -1.10. The van der Waals surface area contributed by atoms with Gasteiger partial charge < -0.3 is 9.52 Å². The van der Waals surface area contributed by atoms with E-state index in [1.807, 2.05) is 0 Å². The summed E-state index contributed by atoms with van der Waals surface area (Å²) >= 11 is 2.88. The Morgan fingerprint density at radius 3 is 2.73 bits per heavy atom. The van der Waals surface area contributed by atoms with Crippen LogP contribution >= 0.6 is 15.9 Å². The molecule has 0 aliphatic carbocycles. The Morgan fingerprint density at radius 2 is 2.27 bits per heavy atom. The van der Waals surface area contributed by atoms with E-state index in [1.54, 1.807) is 0 Å². The van der Waals surface area contributed by atoms with Crippen LogP contribution in [0.2, 0.25) is 0 Å². The average molecular weight is 219 g/mol. The second-order valence-corrected chi connectivity index (χ2v) is 2.62. The monoisotopic (exact) mass is 218 g/mol. The van der Waals surface area contributed by atoms with E-state index in [4.69, 9.17) is 5.11 Å². The average Bonchev–Trinajstić information content (AvgIpc) is 1.94. The molecule has 0 aliphatic heterocycles. The molecule has 1 aromatic rings. The molecule has 1 N–H and O–H groups in total. The minimum atomic E-state index is -1.26. The fraction of sp³-hybridized carbons (Fsp3) is 0. The van der Waals surface area contributed by atoms with Crippen molar-refractivity contribution < 1.29 is 14.3 Å². The maximum absolute atomic E-state index is 10.8. The van der Waals surface area contributed by atoms with Crippen LogP contribution in [0.3, 0.4) is 0 Å². The van der Waals surface area contributed by atoms with Crippen molar-refractivity contribution in [3.8, 4) is 0 Å². The summed E-state index contributed by atoms with van der Waals surface area (Å²) in [6.45, 7) is 0. The Bertz CT molecular complexity index is 341. The smallest absolute Gasteiger partial charge is 0.371 e. The fourth-order valence-electron chi connectivity index (χ4n) is 0.507. The molecule has 0 saturated heterocycles. The van der Waals surface area contributed by atoms with Crippen molar-refractivity contribution >= 4 is 21.9 Å². The number of hydrogen-bond acceptors (Lipinski definition) is 3. The van der Waals surface area contributed by atoms with Gasteiger partial charge in [0.05, 0.1) is 0 Å². The van der Waals surface area contributed by atoms with Gasteiger partial charge in [0, 0.05) is 6.07 Å². The van der Waals surface area contributed by atoms with Crippen molar-refractivity contribution in [1.82, 2.24) is 0 Å². The number of carboxylic acids is 1. The number of aromatic carboxylic acids is 1. The van der Waals surface area contributed by atoms with Crippen LogP contribution < -0.4 is 5.43 Å². The van der Waals surface area contributed by atoms with Crippen molar-refractivity contribution in [3.63, 3.8) is 0 Å². The minimum absolute atomic E-state index is 0.211. The number of carbonyl (C=O) groups is 1. The van der Waals surface area contributed by atoms with Gasteiger partial charge in [-0.25, -0.2) is 4.79 Å². The normalized spacial score (nSPS) is 9.55. The van der Waals surface area contributed by atoms with Crippen molar-refractivity contribution in [2.75, 3.05) is 0 Å². The summed E-state index contributed by atoms with van der Waals surface area (Å²) in [6, 6.07) is 0.909. The van der Waals surface area contributed by atoms with Crippen molar-refractivity contribution in [2.24, 2.45) is 0 Å². The Kier molecular flexibility index (Phi) is 2.09. The van der Waals surface area contributed by atoms with E-state index in [0.717, 1.165) is 12.3 Å². The standard InChI is InChI=1S/C6H3BrO4/c7-3-2-11-5(6(9)10)1-4(3)8/h1-2H,(H,9,10). The van der Waals surface area contributed by atoms with Gasteiger partial charge in [-0.1, -0.05) is 0 Å². The van der Waals surface area contributed by atoms with Crippen LogP contribution in [0.25, 0.3) is 0 Å². The Balaban J connectivity index is 3.26. The first-order valence-electron chi connectivity index (χ1n) is 2.63. The molecule has 58 valence electrons. The molecule has 0 saturated carbocycles. The number of rotatable bonds is 1. The summed E-state index contributed by atoms with van der Waals surface area (Å²) < 4.78 is 4.76. The molecule has 1 rings (SSSR count). The zero-order valence-electron chi connectivity index (χ0n) is 5.20. The van der Waals surface area contributed by atoms with Gasteiger partial charge in [0.2, 0.25) is 5.76 Å². The highest BCUT2D eigenvalue weighted by molar-refractivity contribution is 9.10. The SMILES string of the molecule is O=C(O)c1cc(=O)c(Br)co1. The fourth-order valence-corrected chi connectivity index (χ4v) is 0.715. The second-order valence-electron chi connectivity index (χ2n) is 1.76. The lowest BCUT2D eigenvalue weighted by atomic mass is 10.4. The minimum Gasteiger partial charge on any atom is -0.475 e. The first-order chi connectivity index (χ1) is 5.11. The third kappa shape index (κ3) is 1.68. The van der Waals surface area contributed by atoms with Gasteiger partial charge >= 0.3 is 5.97 Å². The molecule has 0 atom stereocenters. The van der Waals surface area contributed by atoms with E-state index in [-0.39, 0.29) is 10.2 Å². The van der Waals surface area contributed by atoms with Gasteiger partial charge in [0.25, 0.3) is 0 Å². The van der Waals surface area contributed by atoms with E-state index in [9.17, 15) is 9.59 Å². The lowest BCUT2D eigenvalue weighted by Crippen LogP contribution is -2.05. The van der Waals surface area contributed by atoms with E-state index >= 15 is 0 Å². The van der Waals surface area contributed by atoms with E-state index < -0.39 is 11.4 Å². The highest BCUT2D eigenvalue weighted by atomic mass is 79.9. The molecule has 0 amide bonds. The zero-order valence-corrected chi connectivity index (χ0v) is 6.79. The molecule has 0 aliphatic rings. The van der Waals surface area contributed by atoms with Gasteiger partial charge in [-0.15, -0.1) is 0 Å². The zero-order chi connectivity index (χ0) is 8.43. The lowest BCUT2D eigenvalue weighted by molar-refractivity contribution is 0.0659. The molecular weight excluding hydrogens is 216 g/mol. The molecule has 5 heteroatoms. The van der Waals surface area contributed by atoms with E-state index in [2.05, 4.69) is 20.3 Å². The van der Waals surface area contributed by atoms with Crippen LogP contribution in [0.4, 0.5) is 0 Å². The maximum Gasteiger partial charge on any atom is 0.371 e. The third-order valence-electron chi connectivity index (χ3n) is 0.998. The van der Waals surface area contributed by atoms with Crippen LogP contribution in [0.15, 0.2) is 26.0 Å². The van der Waals surface area contributed by atoms with Crippen LogP contribution in [-0.2, 0) is 0 Å². The summed E-state index contributed by atoms with van der Waals surface area (Å²) in [7, 11) is 0. The predicted octanol–water partition coefficient (Wildman–Crippen LogP) is 1.10. The number of carboxylic acid groups (broad SMARTS) is 1. The topological polar surface area (TPSA) is 67.5 Å². The summed E-state index contributed by atoms with van der Waals surface area (Å²) in [5.41, 5.74) is -0.409. The molecule has 0 bridgehead atoms. The second kappa shape index (κ2) is 2.87. The molecule has 0 radical (unpaired) electrons. The summed E-state index contributed by atoms with van der Waals surface area (Å²) in [5, 5.41) is 8.35. The predicted molar refractivity (Wildman–Crippen MR) is 39.6 cm³/mol. The van der Waals surface area contributed by atoms with Gasteiger partial charge in [-0.2, -0.15) is 0 Å². The van der Waals surface area contributed by atoms with Gasteiger partial charge in [0.1, 0.15) is 10.7 Å². The molecule has 11 heavy (non-hydrogen) atoms. The first kappa shape index (κ1) is 8.00. The number of hydrogen-bond donors (Lipinski definition) is 1. The molecule has 1 aromatic heterocycles. The van der Waals surface area contributed by atoms with Crippen molar-refractivity contribution in [3.05, 3.63) is 32.8 Å². The van der Waals surface area contributed by atoms with Crippen molar-refractivity contribution in [1.29, 1.82) is 0 Å². The van der Waals surface area contributed by atoms with E-state index in [1.165, 1.54) is 0 Å². The Labute approximate surface area is 69.6 Å².